The summed E-state index contributed by atoms with van der Waals surface area (Å²) in [6, 6.07) is 0.724. The van der Waals surface area contributed by atoms with Crippen LogP contribution in [-0.4, -0.2) is 49.1 Å². The molecule has 1 heterocycles. The van der Waals surface area contributed by atoms with E-state index >= 15 is 0 Å². The first kappa shape index (κ1) is 24.2. The van der Waals surface area contributed by atoms with Crippen molar-refractivity contribution in [3.05, 3.63) is 0 Å². The van der Waals surface area contributed by atoms with Crippen molar-refractivity contribution in [1.29, 1.82) is 0 Å². The van der Waals surface area contributed by atoms with Gasteiger partial charge in [0.25, 0.3) is 0 Å². The maximum Gasteiger partial charge on any atom is 0.0274 e. The Morgan fingerprint density at radius 3 is 1.86 bits per heavy atom. The lowest BCUT2D eigenvalue weighted by Crippen LogP contribution is -2.57. The summed E-state index contributed by atoms with van der Waals surface area (Å²) in [6.07, 6.45) is 4.03. The van der Waals surface area contributed by atoms with Crippen molar-refractivity contribution >= 4 is 0 Å². The van der Waals surface area contributed by atoms with Crippen LogP contribution in [0.5, 0.6) is 0 Å². The number of likely N-dealkylation sites (N-methyl/N-ethyl adjacent to an activating group) is 2. The molecule has 1 unspecified atom stereocenters. The quantitative estimate of drug-likeness (QED) is 0.636. The van der Waals surface area contributed by atoms with Crippen molar-refractivity contribution in [1.82, 2.24) is 9.80 Å². The molecule has 0 saturated carbocycles. The average Bonchev–Trinajstić information content (AvgIpc) is 2.56. The van der Waals surface area contributed by atoms with Gasteiger partial charge in [0.05, 0.1) is 0 Å². The molecule has 0 aromatic rings. The first-order valence-corrected chi connectivity index (χ1v) is 9.87. The van der Waals surface area contributed by atoms with E-state index in [1.807, 2.05) is 27.7 Å². The summed E-state index contributed by atoms with van der Waals surface area (Å²) in [7, 11) is 2.27. The van der Waals surface area contributed by atoms with Gasteiger partial charge in [0.15, 0.2) is 0 Å². The molecule has 1 rings (SSSR count). The molecule has 1 aliphatic rings. The molecule has 1 fully saturated rings. The molecule has 2 nitrogen and oxygen atoms in total. The zero-order valence-electron chi connectivity index (χ0n) is 17.5. The number of piperazine rings is 1. The fourth-order valence-electron chi connectivity index (χ4n) is 3.53. The van der Waals surface area contributed by atoms with E-state index in [0.717, 1.165) is 12.0 Å². The molecule has 136 valence electrons. The minimum atomic E-state index is 0.432. The SMILES string of the molecule is CC.CC.CCC(CC)CC(C)(C)C1CN(C)CCN1CC. The topological polar surface area (TPSA) is 6.48 Å². The van der Waals surface area contributed by atoms with Crippen LogP contribution in [0.4, 0.5) is 0 Å². The van der Waals surface area contributed by atoms with Crippen molar-refractivity contribution in [2.75, 3.05) is 33.2 Å². The summed E-state index contributed by atoms with van der Waals surface area (Å²) in [5, 5.41) is 0. The summed E-state index contributed by atoms with van der Waals surface area (Å²) >= 11 is 0. The van der Waals surface area contributed by atoms with E-state index in [-0.39, 0.29) is 0 Å². The number of hydrogen-bond donors (Lipinski definition) is 0. The van der Waals surface area contributed by atoms with Crippen LogP contribution in [0.15, 0.2) is 0 Å². The lowest BCUT2D eigenvalue weighted by atomic mass is 9.74. The van der Waals surface area contributed by atoms with Gasteiger partial charge in [-0.3, -0.25) is 4.90 Å². The van der Waals surface area contributed by atoms with Gasteiger partial charge in [0.2, 0.25) is 0 Å². The van der Waals surface area contributed by atoms with E-state index in [1.54, 1.807) is 0 Å². The molecule has 22 heavy (non-hydrogen) atoms. The molecule has 1 atom stereocenters. The molecule has 1 aliphatic heterocycles. The highest BCUT2D eigenvalue weighted by Crippen LogP contribution is 2.36. The van der Waals surface area contributed by atoms with Crippen molar-refractivity contribution in [2.24, 2.45) is 11.3 Å². The minimum absolute atomic E-state index is 0.432. The Kier molecular flexibility index (Phi) is 14.7. The normalized spacial score (nSPS) is 20.0. The Bertz CT molecular complexity index is 234. The number of nitrogens with zero attached hydrogens (tertiary/aromatic N) is 2. The summed E-state index contributed by atoms with van der Waals surface area (Å²) in [5.74, 6) is 0.894. The molecular weight excluding hydrogens is 268 g/mol. The maximum absolute atomic E-state index is 2.70. The van der Waals surface area contributed by atoms with Crippen LogP contribution < -0.4 is 0 Å². The van der Waals surface area contributed by atoms with Crippen molar-refractivity contribution in [2.45, 2.75) is 87.6 Å². The fourth-order valence-corrected chi connectivity index (χ4v) is 3.53. The second-order valence-electron chi connectivity index (χ2n) is 6.78. The van der Waals surface area contributed by atoms with Gasteiger partial charge in [-0.15, -0.1) is 0 Å². The maximum atomic E-state index is 2.70. The molecule has 2 heteroatoms. The fraction of sp³-hybridized carbons (Fsp3) is 1.00. The first-order chi connectivity index (χ1) is 10.4. The van der Waals surface area contributed by atoms with E-state index in [0.29, 0.717) is 5.41 Å². The van der Waals surface area contributed by atoms with Crippen LogP contribution in [0.2, 0.25) is 0 Å². The van der Waals surface area contributed by atoms with Crippen LogP contribution in [-0.2, 0) is 0 Å². The van der Waals surface area contributed by atoms with Crippen LogP contribution in [0.25, 0.3) is 0 Å². The van der Waals surface area contributed by atoms with Crippen LogP contribution in [0.3, 0.4) is 0 Å². The molecule has 0 radical (unpaired) electrons. The molecule has 0 aliphatic carbocycles. The van der Waals surface area contributed by atoms with Crippen molar-refractivity contribution in [3.63, 3.8) is 0 Å². The Morgan fingerprint density at radius 1 is 0.955 bits per heavy atom. The van der Waals surface area contributed by atoms with Crippen LogP contribution in [0.1, 0.15) is 81.6 Å². The van der Waals surface area contributed by atoms with Crippen molar-refractivity contribution in [3.8, 4) is 0 Å². The van der Waals surface area contributed by atoms with Gasteiger partial charge in [-0.2, -0.15) is 0 Å². The van der Waals surface area contributed by atoms with Gasteiger partial charge in [-0.1, -0.05) is 75.2 Å². The molecule has 1 saturated heterocycles. The first-order valence-electron chi connectivity index (χ1n) is 9.87. The summed E-state index contributed by atoms with van der Waals surface area (Å²) in [6.45, 7) is 24.9. The third kappa shape index (κ3) is 7.97. The Morgan fingerprint density at radius 2 is 1.45 bits per heavy atom. The smallest absolute Gasteiger partial charge is 0.0274 e. The van der Waals surface area contributed by atoms with Gasteiger partial charge >= 0.3 is 0 Å². The average molecular weight is 315 g/mol. The number of rotatable bonds is 6. The number of hydrogen-bond acceptors (Lipinski definition) is 2. The lowest BCUT2D eigenvalue weighted by molar-refractivity contribution is 0.00939. The molecular formula is C20H46N2. The van der Waals surface area contributed by atoms with E-state index in [1.165, 1.54) is 45.4 Å². The van der Waals surface area contributed by atoms with Crippen molar-refractivity contribution < 1.29 is 0 Å². The third-order valence-electron chi connectivity index (χ3n) is 4.97. The second kappa shape index (κ2) is 13.4. The van der Waals surface area contributed by atoms with E-state index in [9.17, 15) is 0 Å². The predicted octanol–water partition coefficient (Wildman–Crippen LogP) is 5.53. The molecule has 0 N–H and O–H groups in total. The summed E-state index contributed by atoms with van der Waals surface area (Å²) in [5.41, 5.74) is 0.432. The predicted molar refractivity (Wildman–Crippen MR) is 104 cm³/mol. The van der Waals surface area contributed by atoms with E-state index in [4.69, 9.17) is 0 Å². The van der Waals surface area contributed by atoms with E-state index < -0.39 is 0 Å². The lowest BCUT2D eigenvalue weighted by Gasteiger charge is -2.48. The standard InChI is InChI=1S/C16H34N2.2C2H6/c1-7-14(8-2)12-16(4,5)15-13-17(6)10-11-18(15)9-3;2*1-2/h14-15H,7-13H2,1-6H3;2*1-2H3. The second-order valence-corrected chi connectivity index (χ2v) is 6.78. The monoisotopic (exact) mass is 314 g/mol. The van der Waals surface area contributed by atoms with Gasteiger partial charge < -0.3 is 4.90 Å². The highest BCUT2D eigenvalue weighted by molar-refractivity contribution is 4.92. The zero-order valence-corrected chi connectivity index (χ0v) is 17.5. The van der Waals surface area contributed by atoms with Gasteiger partial charge in [-0.25, -0.2) is 0 Å². The largest absolute Gasteiger partial charge is 0.304 e. The molecule has 0 bridgehead atoms. The zero-order chi connectivity index (χ0) is 17.8. The molecule has 0 spiro atoms. The van der Waals surface area contributed by atoms with Crippen LogP contribution >= 0.6 is 0 Å². The Labute approximate surface area is 142 Å². The molecule has 0 aromatic carbocycles. The third-order valence-corrected chi connectivity index (χ3v) is 4.97. The molecule has 0 aromatic heterocycles. The van der Waals surface area contributed by atoms with Gasteiger partial charge in [0.1, 0.15) is 0 Å². The summed E-state index contributed by atoms with van der Waals surface area (Å²) in [4.78, 5) is 5.20. The van der Waals surface area contributed by atoms with Gasteiger partial charge in [0, 0.05) is 25.7 Å². The highest BCUT2D eigenvalue weighted by Gasteiger charge is 2.37. The minimum Gasteiger partial charge on any atom is -0.304 e. The Hall–Kier alpha value is -0.0800. The Balaban J connectivity index is 0. The molecule has 0 amide bonds. The van der Waals surface area contributed by atoms with E-state index in [2.05, 4.69) is 51.5 Å². The summed E-state index contributed by atoms with van der Waals surface area (Å²) < 4.78 is 0. The van der Waals surface area contributed by atoms with Gasteiger partial charge in [-0.05, 0) is 31.3 Å². The highest BCUT2D eigenvalue weighted by atomic mass is 15.3. The van der Waals surface area contributed by atoms with Crippen LogP contribution in [0, 0.1) is 11.3 Å².